The van der Waals surface area contributed by atoms with Crippen LogP contribution in [0.1, 0.15) is 39.2 Å². The zero-order chi connectivity index (χ0) is 14.2. The Balaban J connectivity index is 2.31. The lowest BCUT2D eigenvalue weighted by molar-refractivity contribution is -0.138. The molecule has 1 aliphatic rings. The molecule has 0 bridgehead atoms. The molecule has 1 N–H and O–H groups in total. The van der Waals surface area contributed by atoms with E-state index in [0.29, 0.717) is 18.5 Å². The van der Waals surface area contributed by atoms with Crippen molar-refractivity contribution in [3.63, 3.8) is 0 Å². The second kappa shape index (κ2) is 4.68. The number of hydrogen-bond donors (Lipinski definition) is 1. The Morgan fingerprint density at radius 1 is 1.26 bits per heavy atom. The fraction of sp³-hybridized carbons (Fsp3) is 0.467. The van der Waals surface area contributed by atoms with E-state index < -0.39 is 12.0 Å². The molecule has 0 aromatic heterocycles. The zero-order valence-corrected chi connectivity index (χ0v) is 11.5. The van der Waals surface area contributed by atoms with Crippen LogP contribution in [0.2, 0.25) is 0 Å². The summed E-state index contributed by atoms with van der Waals surface area (Å²) in [6.45, 7) is 6.34. The van der Waals surface area contributed by atoms with Gasteiger partial charge in [0.15, 0.2) is 0 Å². The number of carboxylic acids is 1. The molecule has 1 atom stereocenters. The summed E-state index contributed by atoms with van der Waals surface area (Å²) in [7, 11) is 0. The first-order valence-electron chi connectivity index (χ1n) is 6.46. The quantitative estimate of drug-likeness (QED) is 0.890. The van der Waals surface area contributed by atoms with Crippen molar-refractivity contribution in [2.75, 3.05) is 4.90 Å². The van der Waals surface area contributed by atoms with E-state index in [-0.39, 0.29) is 11.3 Å². The molecule has 0 radical (unpaired) electrons. The second-order valence-corrected chi connectivity index (χ2v) is 5.95. The van der Waals surface area contributed by atoms with Gasteiger partial charge in [0.2, 0.25) is 5.91 Å². The van der Waals surface area contributed by atoms with Crippen LogP contribution in [0.25, 0.3) is 0 Å². The average molecular weight is 261 g/mol. The number of amides is 1. The third-order valence-electron chi connectivity index (χ3n) is 3.51. The Morgan fingerprint density at radius 2 is 1.84 bits per heavy atom. The van der Waals surface area contributed by atoms with Crippen LogP contribution >= 0.6 is 0 Å². The highest BCUT2D eigenvalue weighted by atomic mass is 16.4. The first-order chi connectivity index (χ1) is 8.80. The summed E-state index contributed by atoms with van der Waals surface area (Å²) in [6, 6.07) is 6.85. The van der Waals surface area contributed by atoms with Crippen molar-refractivity contribution in [1.82, 2.24) is 0 Å². The van der Waals surface area contributed by atoms with E-state index in [0.717, 1.165) is 5.56 Å². The summed E-state index contributed by atoms with van der Waals surface area (Å²) >= 11 is 0. The Labute approximate surface area is 113 Å². The molecule has 1 fully saturated rings. The fourth-order valence-electron chi connectivity index (χ4n) is 2.36. The molecule has 19 heavy (non-hydrogen) atoms. The van der Waals surface area contributed by atoms with E-state index in [4.69, 9.17) is 5.11 Å². The van der Waals surface area contributed by atoms with Gasteiger partial charge in [-0.25, -0.2) is 4.79 Å². The van der Waals surface area contributed by atoms with E-state index in [1.165, 1.54) is 4.90 Å². The van der Waals surface area contributed by atoms with Crippen molar-refractivity contribution >= 4 is 17.6 Å². The lowest BCUT2D eigenvalue weighted by atomic mass is 9.87. The number of benzene rings is 1. The maximum atomic E-state index is 11.8. The van der Waals surface area contributed by atoms with E-state index in [9.17, 15) is 9.59 Å². The van der Waals surface area contributed by atoms with Crippen LogP contribution < -0.4 is 4.90 Å². The Morgan fingerprint density at radius 3 is 2.32 bits per heavy atom. The molecule has 0 saturated carbocycles. The maximum absolute atomic E-state index is 11.8. The number of carboxylic acid groups (broad SMARTS) is 1. The number of nitrogens with zero attached hydrogens (tertiary/aromatic N) is 1. The number of hydrogen-bond acceptors (Lipinski definition) is 2. The van der Waals surface area contributed by atoms with Gasteiger partial charge in [-0.2, -0.15) is 0 Å². The van der Waals surface area contributed by atoms with Gasteiger partial charge in [0.05, 0.1) is 0 Å². The molecule has 1 unspecified atom stereocenters. The van der Waals surface area contributed by atoms with Gasteiger partial charge < -0.3 is 5.11 Å². The van der Waals surface area contributed by atoms with Gasteiger partial charge in [-0.05, 0) is 29.5 Å². The predicted octanol–water partition coefficient (Wildman–Crippen LogP) is 2.56. The van der Waals surface area contributed by atoms with E-state index in [1.54, 1.807) is 0 Å². The summed E-state index contributed by atoms with van der Waals surface area (Å²) in [5.41, 5.74) is 1.87. The minimum Gasteiger partial charge on any atom is -0.480 e. The van der Waals surface area contributed by atoms with Gasteiger partial charge >= 0.3 is 5.97 Å². The van der Waals surface area contributed by atoms with Gasteiger partial charge in [-0.15, -0.1) is 0 Å². The van der Waals surface area contributed by atoms with Gasteiger partial charge in [0, 0.05) is 12.1 Å². The summed E-state index contributed by atoms with van der Waals surface area (Å²) in [5.74, 6) is -1.05. The highest BCUT2D eigenvalue weighted by molar-refractivity contribution is 6.02. The molecule has 1 aromatic rings. The topological polar surface area (TPSA) is 57.6 Å². The van der Waals surface area contributed by atoms with Crippen LogP contribution in [0.3, 0.4) is 0 Å². The van der Waals surface area contributed by atoms with Crippen LogP contribution in [0, 0.1) is 0 Å². The molecule has 2 rings (SSSR count). The lowest BCUT2D eigenvalue weighted by Crippen LogP contribution is -2.38. The molecular weight excluding hydrogens is 242 g/mol. The van der Waals surface area contributed by atoms with E-state index >= 15 is 0 Å². The van der Waals surface area contributed by atoms with Crippen LogP contribution in [0.4, 0.5) is 5.69 Å². The van der Waals surface area contributed by atoms with Crippen molar-refractivity contribution in [1.29, 1.82) is 0 Å². The Hall–Kier alpha value is -1.84. The van der Waals surface area contributed by atoms with E-state index in [2.05, 4.69) is 20.8 Å². The Bertz CT molecular complexity index is 499. The molecule has 4 nitrogen and oxygen atoms in total. The summed E-state index contributed by atoms with van der Waals surface area (Å²) in [4.78, 5) is 24.4. The van der Waals surface area contributed by atoms with Crippen LogP contribution in [0.5, 0.6) is 0 Å². The van der Waals surface area contributed by atoms with Crippen molar-refractivity contribution in [2.24, 2.45) is 0 Å². The number of anilines is 1. The monoisotopic (exact) mass is 261 g/mol. The average Bonchev–Trinajstić information content (AvgIpc) is 2.70. The molecule has 4 heteroatoms. The number of aliphatic carboxylic acids is 1. The highest BCUT2D eigenvalue weighted by Crippen LogP contribution is 2.29. The van der Waals surface area contributed by atoms with Gasteiger partial charge in [0.1, 0.15) is 6.04 Å². The normalized spacial score (nSPS) is 19.8. The lowest BCUT2D eigenvalue weighted by Gasteiger charge is -2.24. The molecular formula is C15H19NO3. The number of carbonyl (C=O) groups excluding carboxylic acids is 1. The first-order valence-corrected chi connectivity index (χ1v) is 6.46. The maximum Gasteiger partial charge on any atom is 0.326 e. The summed E-state index contributed by atoms with van der Waals surface area (Å²) in [6.07, 6.45) is 0.688. The molecule has 1 amide bonds. The smallest absolute Gasteiger partial charge is 0.326 e. The van der Waals surface area contributed by atoms with Gasteiger partial charge in [-0.1, -0.05) is 32.9 Å². The standard InChI is InChI=1S/C15H19NO3/c1-15(2,3)10-4-6-11(7-5-10)16-12(14(18)19)8-9-13(16)17/h4-7,12H,8-9H2,1-3H3,(H,18,19). The van der Waals surface area contributed by atoms with Gasteiger partial charge in [-0.3, -0.25) is 9.69 Å². The van der Waals surface area contributed by atoms with E-state index in [1.807, 2.05) is 24.3 Å². The SMILES string of the molecule is CC(C)(C)c1ccc(N2C(=O)CCC2C(=O)O)cc1. The molecule has 1 saturated heterocycles. The molecule has 1 aromatic carbocycles. The first kappa shape index (κ1) is 13.6. The largest absolute Gasteiger partial charge is 0.480 e. The minimum absolute atomic E-state index is 0.0414. The summed E-state index contributed by atoms with van der Waals surface area (Å²) < 4.78 is 0. The third-order valence-corrected chi connectivity index (χ3v) is 3.51. The molecule has 0 aliphatic carbocycles. The fourth-order valence-corrected chi connectivity index (χ4v) is 2.36. The minimum atomic E-state index is -0.939. The number of rotatable bonds is 2. The molecule has 1 heterocycles. The summed E-state index contributed by atoms with van der Waals surface area (Å²) in [5, 5.41) is 9.15. The van der Waals surface area contributed by atoms with Crippen LogP contribution in [-0.4, -0.2) is 23.0 Å². The second-order valence-electron chi connectivity index (χ2n) is 5.95. The third kappa shape index (κ3) is 2.62. The molecule has 102 valence electrons. The van der Waals surface area contributed by atoms with Crippen molar-refractivity contribution < 1.29 is 14.7 Å². The highest BCUT2D eigenvalue weighted by Gasteiger charge is 2.37. The van der Waals surface area contributed by atoms with Crippen molar-refractivity contribution in [2.45, 2.75) is 45.1 Å². The van der Waals surface area contributed by atoms with Crippen molar-refractivity contribution in [3.05, 3.63) is 29.8 Å². The van der Waals surface area contributed by atoms with Crippen LogP contribution in [-0.2, 0) is 15.0 Å². The van der Waals surface area contributed by atoms with Gasteiger partial charge in [0.25, 0.3) is 0 Å². The van der Waals surface area contributed by atoms with Crippen molar-refractivity contribution in [3.8, 4) is 0 Å². The molecule has 0 spiro atoms. The zero-order valence-electron chi connectivity index (χ0n) is 11.5. The van der Waals surface area contributed by atoms with Crippen LogP contribution in [0.15, 0.2) is 24.3 Å². The number of carbonyl (C=O) groups is 2. The predicted molar refractivity (Wildman–Crippen MR) is 73.3 cm³/mol. The molecule has 1 aliphatic heterocycles. The Kier molecular flexibility index (Phi) is 3.35.